The van der Waals surface area contributed by atoms with Gasteiger partial charge in [0.05, 0.1) is 16.3 Å². The lowest BCUT2D eigenvalue weighted by Gasteiger charge is -2.28. The Bertz CT molecular complexity index is 1140. The molecule has 0 spiro atoms. The van der Waals surface area contributed by atoms with Crippen LogP contribution in [0.3, 0.4) is 0 Å². The van der Waals surface area contributed by atoms with Crippen LogP contribution >= 0.6 is 0 Å². The molecule has 3 aromatic rings. The molecule has 0 fully saturated rings. The summed E-state index contributed by atoms with van der Waals surface area (Å²) in [6, 6.07) is 6.01. The first-order valence-electron chi connectivity index (χ1n) is 8.32. The van der Waals surface area contributed by atoms with Gasteiger partial charge < -0.3 is 4.74 Å². The normalized spacial score (nSPS) is 15.6. The maximum Gasteiger partial charge on any atom is 0.573 e. The Kier molecular flexibility index (Phi) is 4.31. The van der Waals surface area contributed by atoms with Gasteiger partial charge in [-0.3, -0.25) is 0 Å². The molecule has 0 atom stereocenters. The summed E-state index contributed by atoms with van der Waals surface area (Å²) in [5.41, 5.74) is 3.16. The lowest BCUT2D eigenvalue weighted by atomic mass is 10.1. The predicted octanol–water partition coefficient (Wildman–Crippen LogP) is 2.68. The van der Waals surface area contributed by atoms with Gasteiger partial charge in [-0.05, 0) is 31.2 Å². The van der Waals surface area contributed by atoms with Gasteiger partial charge in [-0.2, -0.15) is 9.40 Å². The molecule has 0 amide bonds. The van der Waals surface area contributed by atoms with E-state index >= 15 is 0 Å². The lowest BCUT2D eigenvalue weighted by molar-refractivity contribution is -0.274. The van der Waals surface area contributed by atoms with Crippen LogP contribution in [0.25, 0.3) is 5.65 Å². The van der Waals surface area contributed by atoms with Crippen LogP contribution in [0.5, 0.6) is 5.75 Å². The minimum absolute atomic E-state index is 0.102. The van der Waals surface area contributed by atoms with Crippen LogP contribution < -0.4 is 4.74 Å². The van der Waals surface area contributed by atoms with Gasteiger partial charge in [0.1, 0.15) is 5.75 Å². The molecule has 2 aromatic heterocycles. The third-order valence-electron chi connectivity index (χ3n) is 4.43. The summed E-state index contributed by atoms with van der Waals surface area (Å²) >= 11 is 0. The van der Waals surface area contributed by atoms with Gasteiger partial charge in [-0.1, -0.05) is 0 Å². The molecule has 0 saturated carbocycles. The number of alkyl halides is 3. The summed E-state index contributed by atoms with van der Waals surface area (Å²) in [5, 5.41) is 4.39. The van der Waals surface area contributed by atoms with Crippen LogP contribution in [0, 0.1) is 6.92 Å². The molecule has 148 valence electrons. The average Bonchev–Trinajstić information content (AvgIpc) is 3.01. The van der Waals surface area contributed by atoms with Crippen molar-refractivity contribution < 1.29 is 26.3 Å². The van der Waals surface area contributed by atoms with Crippen molar-refractivity contribution in [3.05, 3.63) is 53.5 Å². The quantitative estimate of drug-likeness (QED) is 0.661. The van der Waals surface area contributed by atoms with E-state index in [-0.39, 0.29) is 18.0 Å². The number of sulfonamides is 1. The highest BCUT2D eigenvalue weighted by molar-refractivity contribution is 7.89. The molecule has 0 bridgehead atoms. The third kappa shape index (κ3) is 3.42. The largest absolute Gasteiger partial charge is 0.573 e. The van der Waals surface area contributed by atoms with Gasteiger partial charge in [0.25, 0.3) is 0 Å². The van der Waals surface area contributed by atoms with Gasteiger partial charge >= 0.3 is 6.36 Å². The predicted molar refractivity (Wildman–Crippen MR) is 92.1 cm³/mol. The van der Waals surface area contributed by atoms with Crippen LogP contribution in [0.2, 0.25) is 0 Å². The highest BCUT2D eigenvalue weighted by atomic mass is 32.2. The minimum Gasteiger partial charge on any atom is -0.406 e. The fourth-order valence-corrected chi connectivity index (χ4v) is 4.62. The van der Waals surface area contributed by atoms with Crippen LogP contribution in [-0.2, 0) is 23.0 Å². The summed E-state index contributed by atoms with van der Waals surface area (Å²) in [4.78, 5) is 4.20. The molecule has 0 aliphatic carbocycles. The molecule has 0 radical (unpaired) electrons. The van der Waals surface area contributed by atoms with Gasteiger partial charge in [0.15, 0.2) is 5.65 Å². The van der Waals surface area contributed by atoms with Crippen molar-refractivity contribution in [1.82, 2.24) is 18.9 Å². The summed E-state index contributed by atoms with van der Waals surface area (Å²) < 4.78 is 69.3. The van der Waals surface area contributed by atoms with E-state index in [1.165, 1.54) is 4.31 Å². The van der Waals surface area contributed by atoms with Gasteiger partial charge in [-0.15, -0.1) is 13.2 Å². The van der Waals surface area contributed by atoms with E-state index in [1.807, 2.05) is 13.0 Å². The molecule has 11 heteroatoms. The topological polar surface area (TPSA) is 76.8 Å². The summed E-state index contributed by atoms with van der Waals surface area (Å²) in [6.07, 6.45) is -2.75. The van der Waals surface area contributed by atoms with Crippen molar-refractivity contribution in [3.8, 4) is 5.75 Å². The van der Waals surface area contributed by atoms with Crippen molar-refractivity contribution in [2.75, 3.05) is 6.54 Å². The molecule has 3 heterocycles. The van der Waals surface area contributed by atoms with Crippen molar-refractivity contribution in [2.45, 2.75) is 31.1 Å². The maximum atomic E-state index is 12.9. The number of fused-ring (bicyclic) bond motifs is 3. The molecule has 28 heavy (non-hydrogen) atoms. The number of hydrogen-bond acceptors (Lipinski definition) is 5. The Morgan fingerprint density at radius 1 is 1.18 bits per heavy atom. The number of ether oxygens (including phenoxy) is 1. The van der Waals surface area contributed by atoms with Crippen LogP contribution in [0.4, 0.5) is 13.2 Å². The number of benzene rings is 1. The highest BCUT2D eigenvalue weighted by Crippen LogP contribution is 2.28. The zero-order valence-corrected chi connectivity index (χ0v) is 15.5. The number of rotatable bonds is 3. The fraction of sp³-hybridized carbons (Fsp3) is 0.294. The van der Waals surface area contributed by atoms with Crippen LogP contribution in [-0.4, -0.2) is 40.2 Å². The number of aryl methyl sites for hydroxylation is 1. The molecular weight excluding hydrogens is 397 g/mol. The lowest BCUT2D eigenvalue weighted by Crippen LogP contribution is -2.37. The van der Waals surface area contributed by atoms with E-state index in [0.717, 1.165) is 41.2 Å². The third-order valence-corrected chi connectivity index (χ3v) is 6.29. The Morgan fingerprint density at radius 3 is 2.57 bits per heavy atom. The van der Waals surface area contributed by atoms with E-state index in [1.54, 1.807) is 10.7 Å². The first-order chi connectivity index (χ1) is 13.1. The number of nitrogens with zero attached hydrogens (tertiary/aromatic N) is 4. The Balaban J connectivity index is 1.60. The second kappa shape index (κ2) is 6.45. The molecule has 0 saturated heterocycles. The fourth-order valence-electron chi connectivity index (χ4n) is 3.20. The van der Waals surface area contributed by atoms with Crippen molar-refractivity contribution in [1.29, 1.82) is 0 Å². The van der Waals surface area contributed by atoms with Gasteiger partial charge in [-0.25, -0.2) is 17.9 Å². The van der Waals surface area contributed by atoms with E-state index in [4.69, 9.17) is 0 Å². The van der Waals surface area contributed by atoms with Gasteiger partial charge in [0.2, 0.25) is 10.0 Å². The van der Waals surface area contributed by atoms with E-state index < -0.39 is 22.1 Å². The van der Waals surface area contributed by atoms with Crippen LogP contribution in [0.15, 0.2) is 41.4 Å². The zero-order valence-electron chi connectivity index (χ0n) is 14.6. The molecule has 1 aliphatic heterocycles. The SMILES string of the molecule is Cc1cc2ncc3c(n2n1)CCN(S(=O)(=O)c1ccc(OC(F)(F)F)cc1)C3. The van der Waals surface area contributed by atoms with Crippen LogP contribution in [0.1, 0.15) is 17.0 Å². The number of aromatic nitrogens is 3. The monoisotopic (exact) mass is 412 g/mol. The first-order valence-corrected chi connectivity index (χ1v) is 9.76. The molecule has 7 nitrogen and oxygen atoms in total. The van der Waals surface area contributed by atoms with Gasteiger partial charge in [0, 0.05) is 37.3 Å². The smallest absolute Gasteiger partial charge is 0.406 e. The summed E-state index contributed by atoms with van der Waals surface area (Å²) in [6.45, 7) is 2.20. The maximum absolute atomic E-state index is 12.9. The molecule has 0 N–H and O–H groups in total. The minimum atomic E-state index is -4.83. The molecule has 1 aliphatic rings. The Hall–Kier alpha value is -2.66. The van der Waals surface area contributed by atoms with E-state index in [2.05, 4.69) is 14.8 Å². The number of halogens is 3. The van der Waals surface area contributed by atoms with E-state index in [0.29, 0.717) is 12.1 Å². The standard InChI is InChI=1S/C17H15F3N4O3S/c1-11-8-16-21-9-12-10-23(7-6-15(12)24(16)22-11)28(25,26)14-4-2-13(3-5-14)27-17(18,19)20/h2-5,8-9H,6-7,10H2,1H3. The second-order valence-electron chi connectivity index (χ2n) is 6.39. The summed E-state index contributed by atoms with van der Waals surface area (Å²) in [7, 11) is -3.87. The number of hydrogen-bond donors (Lipinski definition) is 0. The molecule has 0 unspecified atom stereocenters. The summed E-state index contributed by atoms with van der Waals surface area (Å²) in [5.74, 6) is -0.476. The first kappa shape index (κ1) is 18.7. The van der Waals surface area contributed by atoms with Crippen molar-refractivity contribution >= 4 is 15.7 Å². The Labute approximate surface area is 158 Å². The van der Waals surface area contributed by atoms with Crippen molar-refractivity contribution in [2.24, 2.45) is 0 Å². The highest BCUT2D eigenvalue weighted by Gasteiger charge is 2.32. The van der Waals surface area contributed by atoms with Crippen molar-refractivity contribution in [3.63, 3.8) is 0 Å². The molecular formula is C17H15F3N4O3S. The average molecular weight is 412 g/mol. The molecule has 1 aromatic carbocycles. The Morgan fingerprint density at radius 2 is 1.89 bits per heavy atom. The zero-order chi connectivity index (χ0) is 20.1. The van der Waals surface area contributed by atoms with E-state index in [9.17, 15) is 21.6 Å². The molecule has 4 rings (SSSR count). The second-order valence-corrected chi connectivity index (χ2v) is 8.33.